The molecular formula is C22H29FN6O2. The normalized spacial score (nSPS) is 11.1. The zero-order valence-corrected chi connectivity index (χ0v) is 18.2. The Bertz CT molecular complexity index is 954. The molecule has 0 saturated carbocycles. The van der Waals surface area contributed by atoms with E-state index in [4.69, 9.17) is 5.73 Å². The number of hydrogen-bond donors (Lipinski definition) is 3. The second-order valence-corrected chi connectivity index (χ2v) is 8.27. The Hall–Kier alpha value is -3.41. The van der Waals surface area contributed by atoms with Crippen molar-refractivity contribution in [1.29, 1.82) is 5.26 Å². The zero-order valence-electron chi connectivity index (χ0n) is 18.2. The maximum atomic E-state index is 13.1. The molecule has 0 aliphatic carbocycles. The van der Waals surface area contributed by atoms with Gasteiger partial charge in [-0.3, -0.25) is 9.59 Å². The second kappa shape index (κ2) is 10.6. The molecule has 0 spiro atoms. The van der Waals surface area contributed by atoms with Crippen molar-refractivity contribution in [3.05, 3.63) is 41.3 Å². The van der Waals surface area contributed by atoms with Crippen LogP contribution in [0.15, 0.2) is 24.3 Å². The Morgan fingerprint density at radius 3 is 2.42 bits per heavy atom. The third-order valence-electron chi connectivity index (χ3n) is 4.64. The highest BCUT2D eigenvalue weighted by Gasteiger charge is 2.20. The number of halogens is 1. The Morgan fingerprint density at radius 2 is 1.81 bits per heavy atom. The van der Waals surface area contributed by atoms with Crippen LogP contribution in [0.1, 0.15) is 51.3 Å². The van der Waals surface area contributed by atoms with E-state index in [0.29, 0.717) is 50.2 Å². The molecule has 4 N–H and O–H groups in total. The van der Waals surface area contributed by atoms with Crippen molar-refractivity contribution in [2.75, 3.05) is 18.8 Å². The lowest BCUT2D eigenvalue weighted by Crippen LogP contribution is -2.35. The van der Waals surface area contributed by atoms with Gasteiger partial charge in [0.25, 0.3) is 0 Å². The zero-order chi connectivity index (χ0) is 23.0. The highest BCUT2D eigenvalue weighted by atomic mass is 19.1. The van der Waals surface area contributed by atoms with E-state index in [-0.39, 0.29) is 29.0 Å². The lowest BCUT2D eigenvalue weighted by atomic mass is 9.96. The van der Waals surface area contributed by atoms with Gasteiger partial charge in [0.15, 0.2) is 0 Å². The highest BCUT2D eigenvalue weighted by molar-refractivity contribution is 5.81. The fraction of sp³-hybridized carbons (Fsp3) is 0.455. The Labute approximate surface area is 181 Å². The van der Waals surface area contributed by atoms with Gasteiger partial charge >= 0.3 is 0 Å². The van der Waals surface area contributed by atoms with Crippen LogP contribution in [-0.4, -0.2) is 34.7 Å². The maximum Gasteiger partial charge on any atom is 0.225 e. The molecule has 2 aromatic rings. The number of aromatic nitrogens is 2. The number of nitrogens with two attached hydrogens (primary N) is 1. The molecule has 0 fully saturated rings. The fourth-order valence-electron chi connectivity index (χ4n) is 2.84. The lowest BCUT2D eigenvalue weighted by molar-refractivity contribution is -0.128. The number of amides is 2. The number of carbonyl (C=O) groups excluding carboxylic acids is 2. The molecule has 0 saturated heterocycles. The highest BCUT2D eigenvalue weighted by Crippen LogP contribution is 2.21. The molecule has 2 rings (SSSR count). The monoisotopic (exact) mass is 428 g/mol. The Kier molecular flexibility index (Phi) is 8.14. The van der Waals surface area contributed by atoms with Crippen LogP contribution in [0.5, 0.6) is 0 Å². The van der Waals surface area contributed by atoms with E-state index < -0.39 is 5.41 Å². The van der Waals surface area contributed by atoms with Gasteiger partial charge < -0.3 is 16.4 Å². The number of carbonyl (C=O) groups is 2. The smallest absolute Gasteiger partial charge is 0.225 e. The fourth-order valence-corrected chi connectivity index (χ4v) is 2.84. The minimum Gasteiger partial charge on any atom is -0.382 e. The van der Waals surface area contributed by atoms with Crippen LogP contribution in [-0.2, 0) is 16.0 Å². The number of nitrogen functional groups attached to an aromatic ring is 1. The quantitative estimate of drug-likeness (QED) is 0.529. The number of aryl methyl sites for hydroxylation is 1. The number of nitriles is 1. The largest absolute Gasteiger partial charge is 0.382 e. The van der Waals surface area contributed by atoms with Crippen molar-refractivity contribution in [2.24, 2.45) is 5.41 Å². The van der Waals surface area contributed by atoms with Gasteiger partial charge in [0.05, 0.1) is 11.4 Å². The molecule has 1 heterocycles. The van der Waals surface area contributed by atoms with Gasteiger partial charge in [-0.1, -0.05) is 20.8 Å². The average Bonchev–Trinajstić information content (AvgIpc) is 3.03. The van der Waals surface area contributed by atoms with Crippen molar-refractivity contribution in [3.63, 3.8) is 0 Å². The Balaban J connectivity index is 1.79. The second-order valence-electron chi connectivity index (χ2n) is 8.27. The van der Waals surface area contributed by atoms with Crippen LogP contribution in [0.4, 0.5) is 10.2 Å². The lowest BCUT2D eigenvalue weighted by Gasteiger charge is -2.17. The van der Waals surface area contributed by atoms with E-state index in [9.17, 15) is 19.2 Å². The van der Waals surface area contributed by atoms with E-state index in [1.807, 2.05) is 20.8 Å². The maximum absolute atomic E-state index is 13.1. The van der Waals surface area contributed by atoms with Gasteiger partial charge in [0.1, 0.15) is 23.3 Å². The van der Waals surface area contributed by atoms with Crippen molar-refractivity contribution < 1.29 is 14.0 Å². The van der Waals surface area contributed by atoms with Crippen molar-refractivity contribution >= 4 is 17.6 Å². The number of nitrogens with zero attached hydrogens (tertiary/aromatic N) is 3. The summed E-state index contributed by atoms with van der Waals surface area (Å²) in [5, 5.41) is 19.4. The third-order valence-corrected chi connectivity index (χ3v) is 4.64. The van der Waals surface area contributed by atoms with Gasteiger partial charge in [-0.2, -0.15) is 10.4 Å². The molecule has 166 valence electrons. The summed E-state index contributed by atoms with van der Waals surface area (Å²) in [5.41, 5.74) is 6.97. The van der Waals surface area contributed by atoms with Gasteiger partial charge in [-0.05, 0) is 43.5 Å². The van der Waals surface area contributed by atoms with Crippen LogP contribution in [0, 0.1) is 22.6 Å². The van der Waals surface area contributed by atoms with Gasteiger partial charge in [-0.25, -0.2) is 9.07 Å². The van der Waals surface area contributed by atoms with E-state index in [1.54, 1.807) is 0 Å². The van der Waals surface area contributed by atoms with Crippen molar-refractivity contribution in [2.45, 2.75) is 46.5 Å². The first-order valence-corrected chi connectivity index (χ1v) is 10.2. The van der Waals surface area contributed by atoms with E-state index >= 15 is 0 Å². The number of nitrogens with one attached hydrogen (secondary N) is 2. The number of anilines is 1. The molecule has 0 aliphatic heterocycles. The molecule has 0 radical (unpaired) electrons. The summed E-state index contributed by atoms with van der Waals surface area (Å²) in [7, 11) is 0. The average molecular weight is 429 g/mol. The van der Waals surface area contributed by atoms with Crippen molar-refractivity contribution in [3.8, 4) is 11.8 Å². The SMILES string of the molecule is CC(C)(C)C(=O)NCCCC(=O)NCCCc1nn(-c2ccc(F)cc2)c(N)c1C#N. The first-order valence-electron chi connectivity index (χ1n) is 10.2. The molecule has 0 aliphatic rings. The number of hydrogen-bond acceptors (Lipinski definition) is 5. The molecule has 9 heteroatoms. The summed E-state index contributed by atoms with van der Waals surface area (Å²) >= 11 is 0. The summed E-state index contributed by atoms with van der Waals surface area (Å²) in [6.07, 6.45) is 1.93. The number of benzene rings is 1. The molecule has 0 unspecified atom stereocenters. The van der Waals surface area contributed by atoms with E-state index in [2.05, 4.69) is 21.8 Å². The van der Waals surface area contributed by atoms with Gasteiger partial charge in [0.2, 0.25) is 11.8 Å². The molecule has 0 atom stereocenters. The predicted molar refractivity (Wildman–Crippen MR) is 116 cm³/mol. The third kappa shape index (κ3) is 6.81. The van der Waals surface area contributed by atoms with E-state index in [1.165, 1.54) is 28.9 Å². The molecular weight excluding hydrogens is 399 g/mol. The van der Waals surface area contributed by atoms with E-state index in [0.717, 1.165) is 0 Å². The predicted octanol–water partition coefficient (Wildman–Crippen LogP) is 2.46. The molecule has 1 aromatic carbocycles. The molecule has 31 heavy (non-hydrogen) atoms. The van der Waals surface area contributed by atoms with Crippen LogP contribution < -0.4 is 16.4 Å². The Morgan fingerprint density at radius 1 is 1.16 bits per heavy atom. The summed E-state index contributed by atoms with van der Waals surface area (Å²) in [5.74, 6) is -0.310. The molecule has 0 bridgehead atoms. The molecule has 8 nitrogen and oxygen atoms in total. The van der Waals surface area contributed by atoms with Crippen LogP contribution in [0.25, 0.3) is 5.69 Å². The van der Waals surface area contributed by atoms with Gasteiger partial charge in [-0.15, -0.1) is 0 Å². The summed E-state index contributed by atoms with van der Waals surface area (Å²) in [6, 6.07) is 7.73. The first kappa shape index (κ1) is 23.9. The van der Waals surface area contributed by atoms with Crippen molar-refractivity contribution in [1.82, 2.24) is 20.4 Å². The minimum absolute atomic E-state index is 0.0412. The molecule has 1 aromatic heterocycles. The van der Waals surface area contributed by atoms with Crippen LogP contribution >= 0.6 is 0 Å². The van der Waals surface area contributed by atoms with Crippen LogP contribution in [0.2, 0.25) is 0 Å². The topological polar surface area (TPSA) is 126 Å². The summed E-state index contributed by atoms with van der Waals surface area (Å²) in [6.45, 7) is 6.39. The number of rotatable bonds is 9. The summed E-state index contributed by atoms with van der Waals surface area (Å²) in [4.78, 5) is 23.7. The molecule has 2 amide bonds. The van der Waals surface area contributed by atoms with Crippen LogP contribution in [0.3, 0.4) is 0 Å². The summed E-state index contributed by atoms with van der Waals surface area (Å²) < 4.78 is 14.6. The first-order chi connectivity index (χ1) is 14.6. The van der Waals surface area contributed by atoms with Gasteiger partial charge in [0, 0.05) is 24.9 Å². The minimum atomic E-state index is -0.447. The standard InChI is InChI=1S/C22H29FN6O2/c1-22(2,3)21(31)27-13-5-7-19(30)26-12-4-6-18-17(14-24)20(25)29(28-18)16-10-8-15(23)9-11-16/h8-11H,4-7,12-13,25H2,1-3H3,(H,26,30)(H,27,31).